The van der Waals surface area contributed by atoms with E-state index in [-0.39, 0.29) is 0 Å². The summed E-state index contributed by atoms with van der Waals surface area (Å²) in [5.41, 5.74) is 0.908. The van der Waals surface area contributed by atoms with Crippen molar-refractivity contribution in [1.29, 1.82) is 0 Å². The number of benzene rings is 1. The molecule has 1 N–H and O–H groups in total. The van der Waals surface area contributed by atoms with E-state index in [4.69, 9.17) is 0 Å². The zero-order valence-corrected chi connectivity index (χ0v) is 10.7. The summed E-state index contributed by atoms with van der Waals surface area (Å²) in [6.45, 7) is 0. The summed E-state index contributed by atoms with van der Waals surface area (Å²) in [5, 5.41) is 14.1. The fourth-order valence-electron chi connectivity index (χ4n) is 1.62. The van der Waals surface area contributed by atoms with Crippen LogP contribution in [0.3, 0.4) is 0 Å². The number of rotatable bonds is 4. The van der Waals surface area contributed by atoms with Crippen LogP contribution in [0.2, 0.25) is 0 Å². The molecule has 0 spiro atoms. The van der Waals surface area contributed by atoms with Gasteiger partial charge in [0.05, 0.1) is 6.10 Å². The first-order valence-electron chi connectivity index (χ1n) is 5.35. The highest BCUT2D eigenvalue weighted by molar-refractivity contribution is 7.98. The van der Waals surface area contributed by atoms with Crippen molar-refractivity contribution in [3.63, 3.8) is 0 Å². The first kappa shape index (κ1) is 12.1. The van der Waals surface area contributed by atoms with E-state index in [2.05, 4.69) is 10.1 Å². The molecule has 2 rings (SSSR count). The highest BCUT2D eigenvalue weighted by Crippen LogP contribution is 2.21. The number of aliphatic hydroxyl groups is 1. The standard InChI is InChI=1S/C12H15N3OS/c1-15-12(13-8-14-15)7-11(16)9-3-5-10(17-2)6-4-9/h3-6,8,11,16H,7H2,1-2H3. The third-order valence-electron chi connectivity index (χ3n) is 2.68. The molecule has 2 aromatic rings. The van der Waals surface area contributed by atoms with Crippen LogP contribution in [0.15, 0.2) is 35.5 Å². The molecule has 5 heteroatoms. The van der Waals surface area contributed by atoms with Crippen LogP contribution in [0.25, 0.3) is 0 Å². The van der Waals surface area contributed by atoms with Gasteiger partial charge >= 0.3 is 0 Å². The average molecular weight is 249 g/mol. The number of aromatic nitrogens is 3. The fourth-order valence-corrected chi connectivity index (χ4v) is 2.03. The summed E-state index contributed by atoms with van der Waals surface area (Å²) in [7, 11) is 1.83. The summed E-state index contributed by atoms with van der Waals surface area (Å²) >= 11 is 1.69. The Morgan fingerprint density at radius 2 is 2.06 bits per heavy atom. The third kappa shape index (κ3) is 2.87. The van der Waals surface area contributed by atoms with Crippen molar-refractivity contribution in [2.75, 3.05) is 6.26 Å². The maximum absolute atomic E-state index is 10.1. The molecule has 1 unspecified atom stereocenters. The van der Waals surface area contributed by atoms with Crippen LogP contribution in [0, 0.1) is 0 Å². The maximum Gasteiger partial charge on any atom is 0.138 e. The lowest BCUT2D eigenvalue weighted by molar-refractivity contribution is 0.174. The Balaban J connectivity index is 2.09. The molecule has 0 amide bonds. The molecule has 1 aromatic carbocycles. The lowest BCUT2D eigenvalue weighted by Gasteiger charge is -2.10. The minimum atomic E-state index is -0.534. The topological polar surface area (TPSA) is 50.9 Å². The van der Waals surface area contributed by atoms with E-state index in [1.807, 2.05) is 37.6 Å². The summed E-state index contributed by atoms with van der Waals surface area (Å²) < 4.78 is 1.68. The van der Waals surface area contributed by atoms with E-state index in [0.717, 1.165) is 11.4 Å². The Bertz CT molecular complexity index is 481. The summed E-state index contributed by atoms with van der Waals surface area (Å²) in [5.74, 6) is 0.784. The molecule has 0 radical (unpaired) electrons. The third-order valence-corrected chi connectivity index (χ3v) is 3.43. The lowest BCUT2D eigenvalue weighted by atomic mass is 10.1. The molecule has 0 aliphatic carbocycles. The van der Waals surface area contributed by atoms with Crippen LogP contribution >= 0.6 is 11.8 Å². The molecule has 0 aliphatic heterocycles. The van der Waals surface area contributed by atoms with E-state index in [9.17, 15) is 5.11 Å². The SMILES string of the molecule is CSc1ccc(C(O)Cc2ncnn2C)cc1. The van der Waals surface area contributed by atoms with Gasteiger partial charge in [0.25, 0.3) is 0 Å². The average Bonchev–Trinajstić information content (AvgIpc) is 2.75. The first-order valence-corrected chi connectivity index (χ1v) is 6.58. The predicted molar refractivity (Wildman–Crippen MR) is 67.9 cm³/mol. The molecular formula is C12H15N3OS. The molecule has 90 valence electrons. The Kier molecular flexibility index (Phi) is 3.81. The van der Waals surface area contributed by atoms with Crippen molar-refractivity contribution in [3.8, 4) is 0 Å². The Morgan fingerprint density at radius 3 is 2.59 bits per heavy atom. The molecular weight excluding hydrogens is 234 g/mol. The number of hydrogen-bond acceptors (Lipinski definition) is 4. The van der Waals surface area contributed by atoms with E-state index in [0.29, 0.717) is 6.42 Å². The number of hydrogen-bond donors (Lipinski definition) is 1. The van der Waals surface area contributed by atoms with Gasteiger partial charge in [0, 0.05) is 18.4 Å². The zero-order valence-electron chi connectivity index (χ0n) is 9.87. The largest absolute Gasteiger partial charge is 0.388 e. The second kappa shape index (κ2) is 5.33. The van der Waals surface area contributed by atoms with Crippen LogP contribution in [0.4, 0.5) is 0 Å². The molecule has 0 saturated carbocycles. The molecule has 0 fully saturated rings. The Morgan fingerprint density at radius 1 is 1.35 bits per heavy atom. The molecule has 0 bridgehead atoms. The van der Waals surface area contributed by atoms with Crippen LogP contribution in [0.5, 0.6) is 0 Å². The normalized spacial score (nSPS) is 12.6. The molecule has 0 saturated heterocycles. The molecule has 0 aliphatic rings. The first-order chi connectivity index (χ1) is 8.20. The highest BCUT2D eigenvalue weighted by Gasteiger charge is 2.11. The van der Waals surface area contributed by atoms with Crippen molar-refractivity contribution in [2.45, 2.75) is 17.4 Å². The minimum absolute atomic E-state index is 0.481. The van der Waals surface area contributed by atoms with E-state index >= 15 is 0 Å². The van der Waals surface area contributed by atoms with Gasteiger partial charge in [0.2, 0.25) is 0 Å². The van der Waals surface area contributed by atoms with Gasteiger partial charge in [-0.1, -0.05) is 12.1 Å². The van der Waals surface area contributed by atoms with Crippen LogP contribution in [-0.2, 0) is 13.5 Å². The quantitative estimate of drug-likeness (QED) is 0.840. The van der Waals surface area contributed by atoms with Gasteiger partial charge in [-0.15, -0.1) is 11.8 Å². The van der Waals surface area contributed by atoms with Gasteiger partial charge in [0.1, 0.15) is 12.2 Å². The number of aliphatic hydroxyl groups excluding tert-OH is 1. The van der Waals surface area contributed by atoms with Gasteiger partial charge in [-0.3, -0.25) is 4.68 Å². The number of aryl methyl sites for hydroxylation is 1. The lowest BCUT2D eigenvalue weighted by Crippen LogP contribution is -2.07. The maximum atomic E-state index is 10.1. The molecule has 17 heavy (non-hydrogen) atoms. The van der Waals surface area contributed by atoms with Gasteiger partial charge in [0.15, 0.2) is 0 Å². The summed E-state index contributed by atoms with van der Waals surface area (Å²) in [6, 6.07) is 7.93. The van der Waals surface area contributed by atoms with Crippen LogP contribution in [-0.4, -0.2) is 26.1 Å². The smallest absolute Gasteiger partial charge is 0.138 e. The summed E-state index contributed by atoms with van der Waals surface area (Å²) in [6.07, 6.45) is 3.48. The highest BCUT2D eigenvalue weighted by atomic mass is 32.2. The Labute approximate surface area is 105 Å². The van der Waals surface area contributed by atoms with Gasteiger partial charge in [-0.05, 0) is 24.0 Å². The summed E-state index contributed by atoms with van der Waals surface area (Å²) in [4.78, 5) is 5.30. The van der Waals surface area contributed by atoms with Crippen LogP contribution < -0.4 is 0 Å². The molecule has 1 atom stereocenters. The van der Waals surface area contributed by atoms with E-state index in [1.54, 1.807) is 16.4 Å². The van der Waals surface area contributed by atoms with Crippen molar-refractivity contribution >= 4 is 11.8 Å². The minimum Gasteiger partial charge on any atom is -0.388 e. The Hall–Kier alpha value is -1.33. The van der Waals surface area contributed by atoms with Crippen molar-refractivity contribution in [2.24, 2.45) is 7.05 Å². The van der Waals surface area contributed by atoms with Crippen molar-refractivity contribution in [3.05, 3.63) is 42.0 Å². The molecule has 1 heterocycles. The van der Waals surface area contributed by atoms with Gasteiger partial charge in [-0.2, -0.15) is 5.10 Å². The zero-order chi connectivity index (χ0) is 12.3. The van der Waals surface area contributed by atoms with Crippen LogP contribution in [0.1, 0.15) is 17.5 Å². The van der Waals surface area contributed by atoms with Crippen molar-refractivity contribution < 1.29 is 5.11 Å². The predicted octanol–water partition coefficient (Wildman–Crippen LogP) is 1.81. The molecule has 4 nitrogen and oxygen atoms in total. The van der Waals surface area contributed by atoms with Crippen molar-refractivity contribution in [1.82, 2.24) is 14.8 Å². The number of nitrogens with zero attached hydrogens (tertiary/aromatic N) is 3. The fraction of sp³-hybridized carbons (Fsp3) is 0.333. The second-order valence-electron chi connectivity index (χ2n) is 3.79. The van der Waals surface area contributed by atoms with E-state index < -0.39 is 6.10 Å². The monoisotopic (exact) mass is 249 g/mol. The van der Waals surface area contributed by atoms with Gasteiger partial charge < -0.3 is 5.11 Å². The second-order valence-corrected chi connectivity index (χ2v) is 4.67. The molecule has 1 aromatic heterocycles. The van der Waals surface area contributed by atoms with Gasteiger partial charge in [-0.25, -0.2) is 4.98 Å². The number of thioether (sulfide) groups is 1. The van der Waals surface area contributed by atoms with E-state index in [1.165, 1.54) is 11.2 Å².